The lowest BCUT2D eigenvalue weighted by molar-refractivity contribution is -0.123. The predicted molar refractivity (Wildman–Crippen MR) is 124 cm³/mol. The molecule has 4 N–H and O–H groups in total. The summed E-state index contributed by atoms with van der Waals surface area (Å²) in [5.41, 5.74) is -0.0676. The van der Waals surface area contributed by atoms with Crippen LogP contribution < -0.4 is 10.6 Å². The molecular weight excluding hydrogens is 465 g/mol. The van der Waals surface area contributed by atoms with Gasteiger partial charge < -0.3 is 25.7 Å². The molecule has 0 radical (unpaired) electrons. The molecule has 1 aliphatic heterocycles. The van der Waals surface area contributed by atoms with Crippen LogP contribution in [0.5, 0.6) is 0 Å². The van der Waals surface area contributed by atoms with E-state index in [4.69, 9.17) is 10.2 Å². The first-order valence-corrected chi connectivity index (χ1v) is 11.3. The van der Waals surface area contributed by atoms with E-state index in [0.29, 0.717) is 25.2 Å². The van der Waals surface area contributed by atoms with Crippen LogP contribution in [0.2, 0.25) is 0 Å². The molecule has 8 nitrogen and oxygen atoms in total. The third-order valence-electron chi connectivity index (χ3n) is 5.73. The van der Waals surface area contributed by atoms with Crippen molar-refractivity contribution < 1.29 is 33.0 Å². The number of rotatable bonds is 11. The van der Waals surface area contributed by atoms with Gasteiger partial charge in [-0.15, -0.1) is 0 Å². The smallest absolute Gasteiger partial charge is 0.256 e. The van der Waals surface area contributed by atoms with Crippen LogP contribution in [0, 0.1) is 24.4 Å². The lowest BCUT2D eigenvalue weighted by atomic mass is 10.0. The molecule has 0 bridgehead atoms. The standard InChI is InChI=1S/C24H29F3N4O4/c1-15-2-5-20(19(26)12-15)29-23-17(3-4-18(25)22(23)27)24(35)31-13-16(14-31)28-21(34)6-7-30(8-10-32)9-11-33/h2-5,12,16,29,32-33H,6-11,13-14H2,1H3,(H,28,34). The van der Waals surface area contributed by atoms with Crippen LogP contribution in [0.15, 0.2) is 30.3 Å². The Balaban J connectivity index is 1.61. The number of amides is 2. The molecule has 0 atom stereocenters. The Hall–Kier alpha value is -3.15. The van der Waals surface area contributed by atoms with Gasteiger partial charge in [-0.05, 0) is 36.8 Å². The number of carbonyl (C=O) groups is 2. The Bertz CT molecular complexity index is 1060. The molecule has 1 saturated heterocycles. The summed E-state index contributed by atoms with van der Waals surface area (Å²) in [6.07, 6.45) is 0.157. The number of aliphatic hydroxyl groups is 2. The molecule has 0 saturated carbocycles. The first-order valence-electron chi connectivity index (χ1n) is 11.3. The molecule has 0 unspecified atom stereocenters. The highest BCUT2D eigenvalue weighted by molar-refractivity contribution is 6.01. The molecule has 0 spiro atoms. The summed E-state index contributed by atoms with van der Waals surface area (Å²) in [4.78, 5) is 28.3. The van der Waals surface area contributed by atoms with Gasteiger partial charge in [0.05, 0.1) is 36.2 Å². The first-order chi connectivity index (χ1) is 16.7. The van der Waals surface area contributed by atoms with Crippen LogP contribution in [-0.2, 0) is 4.79 Å². The van der Waals surface area contributed by atoms with Crippen molar-refractivity contribution in [2.45, 2.75) is 19.4 Å². The number of nitrogens with one attached hydrogen (secondary N) is 2. The van der Waals surface area contributed by atoms with Gasteiger partial charge in [-0.2, -0.15) is 0 Å². The Kier molecular flexibility index (Phi) is 9.07. The van der Waals surface area contributed by atoms with Gasteiger partial charge in [-0.25, -0.2) is 13.2 Å². The van der Waals surface area contributed by atoms with Crippen molar-refractivity contribution in [3.8, 4) is 0 Å². The van der Waals surface area contributed by atoms with Crippen molar-refractivity contribution in [3.63, 3.8) is 0 Å². The maximum absolute atomic E-state index is 14.6. The number of benzene rings is 2. The average Bonchev–Trinajstić information content (AvgIpc) is 2.79. The predicted octanol–water partition coefficient (Wildman–Crippen LogP) is 1.77. The summed E-state index contributed by atoms with van der Waals surface area (Å²) in [6, 6.07) is 5.88. The van der Waals surface area contributed by atoms with E-state index in [2.05, 4.69) is 10.6 Å². The quantitative estimate of drug-likeness (QED) is 0.380. The monoisotopic (exact) mass is 494 g/mol. The van der Waals surface area contributed by atoms with Crippen LogP contribution in [-0.4, -0.2) is 83.8 Å². The molecule has 3 rings (SSSR count). The second-order valence-corrected chi connectivity index (χ2v) is 8.41. The van der Waals surface area contributed by atoms with Crippen molar-refractivity contribution in [3.05, 3.63) is 58.9 Å². The highest BCUT2D eigenvalue weighted by Gasteiger charge is 2.34. The highest BCUT2D eigenvalue weighted by atomic mass is 19.2. The van der Waals surface area contributed by atoms with E-state index >= 15 is 0 Å². The summed E-state index contributed by atoms with van der Waals surface area (Å²) in [5, 5.41) is 23.4. The lowest BCUT2D eigenvalue weighted by Crippen LogP contribution is -2.61. The zero-order chi connectivity index (χ0) is 25.5. The van der Waals surface area contributed by atoms with Crippen molar-refractivity contribution in [1.29, 1.82) is 0 Å². The number of halogens is 3. The first kappa shape index (κ1) is 26.5. The summed E-state index contributed by atoms with van der Waals surface area (Å²) >= 11 is 0. The zero-order valence-electron chi connectivity index (χ0n) is 19.4. The van der Waals surface area contributed by atoms with Gasteiger partial charge in [0, 0.05) is 39.1 Å². The summed E-state index contributed by atoms with van der Waals surface area (Å²) in [5.74, 6) is -3.97. The normalized spacial score (nSPS) is 13.6. The lowest BCUT2D eigenvalue weighted by Gasteiger charge is -2.40. The van der Waals surface area contributed by atoms with Crippen molar-refractivity contribution in [2.24, 2.45) is 0 Å². The second-order valence-electron chi connectivity index (χ2n) is 8.41. The Morgan fingerprint density at radius 3 is 2.34 bits per heavy atom. The number of nitrogens with zero attached hydrogens (tertiary/aromatic N) is 2. The van der Waals surface area contributed by atoms with E-state index in [9.17, 15) is 22.8 Å². The van der Waals surface area contributed by atoms with E-state index in [-0.39, 0.29) is 55.9 Å². The molecule has 2 amide bonds. The van der Waals surface area contributed by atoms with Crippen LogP contribution in [0.3, 0.4) is 0 Å². The topological polar surface area (TPSA) is 105 Å². The van der Waals surface area contributed by atoms with Gasteiger partial charge in [-0.1, -0.05) is 6.07 Å². The second kappa shape index (κ2) is 12.0. The number of aliphatic hydroxyl groups excluding tert-OH is 2. The van der Waals surface area contributed by atoms with Gasteiger partial charge in [0.1, 0.15) is 5.82 Å². The Morgan fingerprint density at radius 1 is 1.03 bits per heavy atom. The molecule has 1 aliphatic rings. The number of carbonyl (C=O) groups excluding carboxylic acids is 2. The Morgan fingerprint density at radius 2 is 1.71 bits per heavy atom. The fourth-order valence-corrected chi connectivity index (χ4v) is 3.79. The van der Waals surface area contributed by atoms with Crippen LogP contribution in [0.1, 0.15) is 22.3 Å². The van der Waals surface area contributed by atoms with Crippen molar-refractivity contribution >= 4 is 23.2 Å². The number of aryl methyl sites for hydroxylation is 1. The van der Waals surface area contributed by atoms with Crippen LogP contribution in [0.4, 0.5) is 24.5 Å². The molecule has 1 heterocycles. The summed E-state index contributed by atoms with van der Waals surface area (Å²) in [6.45, 7) is 2.92. The third-order valence-corrected chi connectivity index (χ3v) is 5.73. The third kappa shape index (κ3) is 6.71. The largest absolute Gasteiger partial charge is 0.395 e. The van der Waals surface area contributed by atoms with E-state index in [1.165, 1.54) is 17.0 Å². The minimum atomic E-state index is -1.29. The maximum Gasteiger partial charge on any atom is 0.256 e. The molecule has 11 heteroatoms. The minimum Gasteiger partial charge on any atom is -0.395 e. The number of anilines is 2. The van der Waals surface area contributed by atoms with Crippen LogP contribution >= 0.6 is 0 Å². The van der Waals surface area contributed by atoms with Gasteiger partial charge in [0.25, 0.3) is 5.91 Å². The molecule has 2 aromatic carbocycles. The van der Waals surface area contributed by atoms with Gasteiger partial charge >= 0.3 is 0 Å². The molecule has 1 fully saturated rings. The van der Waals surface area contributed by atoms with Gasteiger partial charge in [0.15, 0.2) is 11.6 Å². The number of hydrogen-bond donors (Lipinski definition) is 4. The van der Waals surface area contributed by atoms with Crippen LogP contribution in [0.25, 0.3) is 0 Å². The minimum absolute atomic E-state index is 0.0846. The van der Waals surface area contributed by atoms with E-state index in [0.717, 1.165) is 12.1 Å². The van der Waals surface area contributed by atoms with E-state index in [1.807, 2.05) is 0 Å². The van der Waals surface area contributed by atoms with E-state index in [1.54, 1.807) is 17.9 Å². The van der Waals surface area contributed by atoms with Crippen molar-refractivity contribution in [1.82, 2.24) is 15.1 Å². The summed E-state index contributed by atoms with van der Waals surface area (Å²) in [7, 11) is 0. The molecule has 35 heavy (non-hydrogen) atoms. The molecular formula is C24H29F3N4O4. The fraction of sp³-hybridized carbons (Fsp3) is 0.417. The Labute approximate surface area is 201 Å². The summed E-state index contributed by atoms with van der Waals surface area (Å²) < 4.78 is 42.8. The maximum atomic E-state index is 14.6. The average molecular weight is 495 g/mol. The SMILES string of the molecule is Cc1ccc(Nc2c(C(=O)N3CC(NC(=O)CCN(CCO)CCO)C3)ccc(F)c2F)c(F)c1. The fourth-order valence-electron chi connectivity index (χ4n) is 3.79. The zero-order valence-corrected chi connectivity index (χ0v) is 19.4. The molecule has 0 aliphatic carbocycles. The molecule has 190 valence electrons. The highest BCUT2D eigenvalue weighted by Crippen LogP contribution is 2.30. The van der Waals surface area contributed by atoms with E-state index < -0.39 is 29.0 Å². The van der Waals surface area contributed by atoms with Gasteiger partial charge in [-0.3, -0.25) is 14.5 Å². The number of hydrogen-bond acceptors (Lipinski definition) is 6. The van der Waals surface area contributed by atoms with Gasteiger partial charge in [0.2, 0.25) is 5.91 Å². The number of likely N-dealkylation sites (tertiary alicyclic amines) is 1. The van der Waals surface area contributed by atoms with Crippen molar-refractivity contribution in [2.75, 3.05) is 51.3 Å². The molecule has 0 aromatic heterocycles. The molecule has 2 aromatic rings.